The molecule has 5 nitrogen and oxygen atoms in total. The Kier molecular flexibility index (Phi) is 5.73. The zero-order chi connectivity index (χ0) is 21.6. The van der Waals surface area contributed by atoms with Gasteiger partial charge in [-0.1, -0.05) is 12.1 Å². The quantitative estimate of drug-likeness (QED) is 0.646. The zero-order valence-corrected chi connectivity index (χ0v) is 18.7. The first kappa shape index (κ1) is 22.0. The van der Waals surface area contributed by atoms with Crippen molar-refractivity contribution in [3.63, 3.8) is 0 Å². The van der Waals surface area contributed by atoms with Crippen molar-refractivity contribution in [2.45, 2.75) is 90.3 Å². The molecule has 6 heteroatoms. The number of benzene rings is 1. The van der Waals surface area contributed by atoms with Crippen molar-refractivity contribution in [2.24, 2.45) is 0 Å². The van der Waals surface area contributed by atoms with Gasteiger partial charge in [-0.25, -0.2) is 9.18 Å². The second-order valence-corrected chi connectivity index (χ2v) is 10.1. The molecule has 2 saturated heterocycles. The van der Waals surface area contributed by atoms with Crippen LogP contribution in [0.25, 0.3) is 0 Å². The Hall–Kier alpha value is -1.66. The molecule has 162 valence electrons. The molecule has 2 aliphatic heterocycles. The average molecular weight is 408 g/mol. The van der Waals surface area contributed by atoms with Crippen LogP contribution in [0.5, 0.6) is 0 Å². The van der Waals surface area contributed by atoms with Crippen molar-refractivity contribution in [3.05, 3.63) is 35.1 Å². The SMILES string of the molecule is CC(C)(C)OC(=O)N1CCC(c2ccc(C3OC(C)(C)C(C)(C)O3)c(F)c2)CC1. The van der Waals surface area contributed by atoms with E-state index in [1.807, 2.05) is 54.5 Å². The lowest BCUT2D eigenvalue weighted by molar-refractivity contribution is -0.0915. The van der Waals surface area contributed by atoms with Crippen LogP contribution >= 0.6 is 0 Å². The number of piperidine rings is 1. The van der Waals surface area contributed by atoms with E-state index in [0.29, 0.717) is 18.7 Å². The maximum Gasteiger partial charge on any atom is 0.410 e. The van der Waals surface area contributed by atoms with E-state index in [1.54, 1.807) is 17.0 Å². The second kappa shape index (κ2) is 7.55. The molecule has 0 bridgehead atoms. The van der Waals surface area contributed by atoms with Gasteiger partial charge in [-0.3, -0.25) is 0 Å². The maximum atomic E-state index is 14.9. The summed E-state index contributed by atoms with van der Waals surface area (Å²) in [5, 5.41) is 0. The number of nitrogens with zero attached hydrogens (tertiary/aromatic N) is 1. The molecule has 0 spiro atoms. The van der Waals surface area contributed by atoms with Crippen LogP contribution in [0.4, 0.5) is 9.18 Å². The van der Waals surface area contributed by atoms with Gasteiger partial charge in [0.05, 0.1) is 11.2 Å². The fraction of sp³-hybridized carbons (Fsp3) is 0.696. The van der Waals surface area contributed by atoms with Gasteiger partial charge in [-0.05, 0) is 78.9 Å². The van der Waals surface area contributed by atoms with Gasteiger partial charge >= 0.3 is 6.09 Å². The van der Waals surface area contributed by atoms with Crippen LogP contribution in [0.15, 0.2) is 18.2 Å². The van der Waals surface area contributed by atoms with Crippen LogP contribution in [0.1, 0.15) is 84.6 Å². The molecular formula is C23H34FNO4. The standard InChI is InChI=1S/C23H34FNO4/c1-21(2,3)29-20(26)25-12-10-15(11-13-25)16-8-9-17(18(24)14-16)19-27-22(4,5)23(6,7)28-19/h8-9,14-15,19H,10-13H2,1-7H3. The van der Waals surface area contributed by atoms with Gasteiger partial charge in [0, 0.05) is 18.7 Å². The molecule has 1 amide bonds. The van der Waals surface area contributed by atoms with E-state index in [2.05, 4.69) is 0 Å². The van der Waals surface area contributed by atoms with Crippen LogP contribution in [0.2, 0.25) is 0 Å². The monoisotopic (exact) mass is 407 g/mol. The molecule has 0 atom stereocenters. The van der Waals surface area contributed by atoms with Crippen LogP contribution in [-0.2, 0) is 14.2 Å². The molecule has 1 aromatic rings. The van der Waals surface area contributed by atoms with Crippen molar-refractivity contribution in [1.29, 1.82) is 0 Å². The lowest BCUT2D eigenvalue weighted by Gasteiger charge is -2.33. The van der Waals surface area contributed by atoms with Gasteiger partial charge in [0.25, 0.3) is 0 Å². The van der Waals surface area contributed by atoms with Crippen LogP contribution < -0.4 is 0 Å². The highest BCUT2D eigenvalue weighted by Gasteiger charge is 2.50. The number of hydrogen-bond donors (Lipinski definition) is 0. The average Bonchev–Trinajstić information content (AvgIpc) is 2.81. The minimum atomic E-state index is -0.705. The predicted molar refractivity (Wildman–Crippen MR) is 109 cm³/mol. The van der Waals surface area contributed by atoms with E-state index >= 15 is 0 Å². The van der Waals surface area contributed by atoms with E-state index in [4.69, 9.17) is 14.2 Å². The van der Waals surface area contributed by atoms with Gasteiger partial charge in [-0.2, -0.15) is 0 Å². The summed E-state index contributed by atoms with van der Waals surface area (Å²) < 4.78 is 32.3. The first-order chi connectivity index (χ1) is 13.3. The number of rotatable bonds is 2. The highest BCUT2D eigenvalue weighted by molar-refractivity contribution is 5.68. The molecule has 0 unspecified atom stereocenters. The van der Waals surface area contributed by atoms with Crippen molar-refractivity contribution < 1.29 is 23.4 Å². The summed E-state index contributed by atoms with van der Waals surface area (Å²) in [5.74, 6) is -0.0916. The second-order valence-electron chi connectivity index (χ2n) is 10.1. The van der Waals surface area contributed by atoms with Crippen LogP contribution in [0, 0.1) is 5.82 Å². The summed E-state index contributed by atoms with van der Waals surface area (Å²) in [4.78, 5) is 14.0. The highest BCUT2D eigenvalue weighted by Crippen LogP contribution is 2.45. The van der Waals surface area contributed by atoms with Gasteiger partial charge in [0.2, 0.25) is 0 Å². The van der Waals surface area contributed by atoms with E-state index in [1.165, 1.54) is 0 Å². The van der Waals surface area contributed by atoms with E-state index in [9.17, 15) is 9.18 Å². The summed E-state index contributed by atoms with van der Waals surface area (Å²) in [6, 6.07) is 5.32. The van der Waals surface area contributed by atoms with Crippen molar-refractivity contribution >= 4 is 6.09 Å². The van der Waals surface area contributed by atoms with E-state index < -0.39 is 23.1 Å². The number of ether oxygens (including phenoxy) is 3. The third-order valence-corrected chi connectivity index (χ3v) is 6.15. The number of hydrogen-bond acceptors (Lipinski definition) is 4. The molecule has 0 aliphatic carbocycles. The van der Waals surface area contributed by atoms with Crippen molar-refractivity contribution in [3.8, 4) is 0 Å². The van der Waals surface area contributed by atoms with E-state index in [0.717, 1.165) is 18.4 Å². The fourth-order valence-corrected chi connectivity index (χ4v) is 3.68. The molecule has 2 heterocycles. The Balaban J connectivity index is 1.64. The summed E-state index contributed by atoms with van der Waals surface area (Å²) in [6.07, 6.45) is 0.588. The molecule has 2 aliphatic rings. The van der Waals surface area contributed by atoms with Gasteiger partial charge in [-0.15, -0.1) is 0 Å². The Morgan fingerprint density at radius 3 is 2.14 bits per heavy atom. The molecule has 0 radical (unpaired) electrons. The number of carbonyl (C=O) groups is 1. The molecule has 1 aromatic carbocycles. The number of amides is 1. The van der Waals surface area contributed by atoms with Crippen LogP contribution in [-0.4, -0.2) is 40.9 Å². The lowest BCUT2D eigenvalue weighted by atomic mass is 9.89. The normalized spacial score (nSPS) is 22.7. The fourth-order valence-electron chi connectivity index (χ4n) is 3.68. The van der Waals surface area contributed by atoms with Crippen molar-refractivity contribution in [1.82, 2.24) is 4.90 Å². The Labute approximate surface area is 173 Å². The Morgan fingerprint density at radius 2 is 1.66 bits per heavy atom. The Morgan fingerprint density at radius 1 is 1.10 bits per heavy atom. The predicted octanol–water partition coefficient (Wildman–Crippen LogP) is 5.54. The van der Waals surface area contributed by atoms with Crippen LogP contribution in [0.3, 0.4) is 0 Å². The van der Waals surface area contributed by atoms with Crippen molar-refractivity contribution in [2.75, 3.05) is 13.1 Å². The number of halogens is 1. The Bertz CT molecular complexity index is 745. The smallest absolute Gasteiger partial charge is 0.410 e. The third-order valence-electron chi connectivity index (χ3n) is 6.15. The topological polar surface area (TPSA) is 48.0 Å². The summed E-state index contributed by atoms with van der Waals surface area (Å²) >= 11 is 0. The molecule has 3 rings (SSSR count). The number of carbonyl (C=O) groups excluding carboxylic acids is 1. The highest BCUT2D eigenvalue weighted by atomic mass is 19.1. The summed E-state index contributed by atoms with van der Waals surface area (Å²) in [7, 11) is 0. The van der Waals surface area contributed by atoms with Gasteiger partial charge in [0.1, 0.15) is 11.4 Å². The lowest BCUT2D eigenvalue weighted by Crippen LogP contribution is -2.41. The zero-order valence-electron chi connectivity index (χ0n) is 18.7. The maximum absolute atomic E-state index is 14.9. The molecule has 0 N–H and O–H groups in total. The summed E-state index contributed by atoms with van der Waals surface area (Å²) in [5.41, 5.74) is -0.125. The first-order valence-corrected chi connectivity index (χ1v) is 10.4. The minimum Gasteiger partial charge on any atom is -0.444 e. The third kappa shape index (κ3) is 4.75. The molecule has 29 heavy (non-hydrogen) atoms. The van der Waals surface area contributed by atoms with Gasteiger partial charge in [0.15, 0.2) is 6.29 Å². The largest absolute Gasteiger partial charge is 0.444 e. The van der Waals surface area contributed by atoms with E-state index in [-0.39, 0.29) is 17.8 Å². The first-order valence-electron chi connectivity index (χ1n) is 10.4. The molecule has 0 aromatic heterocycles. The molecule has 2 fully saturated rings. The molecule has 0 saturated carbocycles. The molecular weight excluding hydrogens is 373 g/mol. The number of likely N-dealkylation sites (tertiary alicyclic amines) is 1. The summed E-state index contributed by atoms with van der Waals surface area (Å²) in [6.45, 7) is 14.6. The minimum absolute atomic E-state index is 0.218. The van der Waals surface area contributed by atoms with Gasteiger partial charge < -0.3 is 19.1 Å².